The average Bonchev–Trinajstić information content (AvgIpc) is 2.59. The van der Waals surface area contributed by atoms with Crippen LogP contribution in [-0.2, 0) is 0 Å². The highest BCUT2D eigenvalue weighted by Crippen LogP contribution is 2.31. The van der Waals surface area contributed by atoms with Crippen LogP contribution < -0.4 is 16.0 Å². The Bertz CT molecular complexity index is 791. The number of rotatable bonds is 4. The van der Waals surface area contributed by atoms with E-state index in [4.69, 9.17) is 17.3 Å². The number of halogens is 1. The SMILES string of the molecule is CN(c1ccccc1)c1ncnc(Nc2ccc(Cl)cn2)c1N. The maximum absolute atomic E-state index is 6.22. The van der Waals surface area contributed by atoms with Crippen molar-refractivity contribution in [1.29, 1.82) is 0 Å². The molecule has 3 rings (SSSR count). The molecule has 7 heteroatoms. The van der Waals surface area contributed by atoms with E-state index in [0.29, 0.717) is 28.2 Å². The first-order valence-corrected chi connectivity index (χ1v) is 7.31. The zero-order valence-electron chi connectivity index (χ0n) is 12.4. The summed E-state index contributed by atoms with van der Waals surface area (Å²) >= 11 is 5.83. The Morgan fingerprint density at radius 1 is 1.04 bits per heavy atom. The van der Waals surface area contributed by atoms with Crippen LogP contribution in [0, 0.1) is 0 Å². The molecule has 0 aliphatic rings. The van der Waals surface area contributed by atoms with Gasteiger partial charge in [0, 0.05) is 18.9 Å². The normalized spacial score (nSPS) is 10.3. The lowest BCUT2D eigenvalue weighted by molar-refractivity contribution is 1.08. The smallest absolute Gasteiger partial charge is 0.161 e. The minimum absolute atomic E-state index is 0.440. The van der Waals surface area contributed by atoms with Crippen molar-refractivity contribution in [3.8, 4) is 0 Å². The fraction of sp³-hybridized carbons (Fsp3) is 0.0625. The Kier molecular flexibility index (Phi) is 4.25. The molecule has 2 aromatic heterocycles. The van der Waals surface area contributed by atoms with Gasteiger partial charge >= 0.3 is 0 Å². The number of pyridine rings is 1. The number of hydrogen-bond donors (Lipinski definition) is 2. The quantitative estimate of drug-likeness (QED) is 0.762. The summed E-state index contributed by atoms with van der Waals surface area (Å²) < 4.78 is 0. The zero-order chi connectivity index (χ0) is 16.2. The molecule has 0 aliphatic heterocycles. The lowest BCUT2D eigenvalue weighted by Gasteiger charge is -2.20. The zero-order valence-corrected chi connectivity index (χ0v) is 13.2. The minimum atomic E-state index is 0.440. The highest BCUT2D eigenvalue weighted by Gasteiger charge is 2.13. The highest BCUT2D eigenvalue weighted by molar-refractivity contribution is 6.30. The van der Waals surface area contributed by atoms with E-state index in [0.717, 1.165) is 5.69 Å². The lowest BCUT2D eigenvalue weighted by atomic mass is 10.3. The van der Waals surface area contributed by atoms with Gasteiger partial charge in [0.05, 0.1) is 5.02 Å². The predicted molar refractivity (Wildman–Crippen MR) is 93.5 cm³/mol. The largest absolute Gasteiger partial charge is 0.393 e. The average molecular weight is 327 g/mol. The molecule has 6 nitrogen and oxygen atoms in total. The molecule has 0 bridgehead atoms. The van der Waals surface area contributed by atoms with Gasteiger partial charge in [0.15, 0.2) is 11.6 Å². The summed E-state index contributed by atoms with van der Waals surface area (Å²) in [7, 11) is 1.90. The van der Waals surface area contributed by atoms with Crippen LogP contribution in [0.15, 0.2) is 55.0 Å². The van der Waals surface area contributed by atoms with Crippen LogP contribution in [0.25, 0.3) is 0 Å². The van der Waals surface area contributed by atoms with Crippen molar-refractivity contribution < 1.29 is 0 Å². The van der Waals surface area contributed by atoms with E-state index in [1.807, 2.05) is 42.3 Å². The lowest BCUT2D eigenvalue weighted by Crippen LogP contribution is -2.15. The summed E-state index contributed by atoms with van der Waals surface area (Å²) in [6, 6.07) is 13.3. The molecule has 23 heavy (non-hydrogen) atoms. The molecule has 1 aromatic carbocycles. The summed E-state index contributed by atoms with van der Waals surface area (Å²) in [5.74, 6) is 1.71. The third-order valence-electron chi connectivity index (χ3n) is 3.30. The number of benzene rings is 1. The van der Waals surface area contributed by atoms with Crippen LogP contribution >= 0.6 is 11.6 Å². The predicted octanol–water partition coefficient (Wildman–Crippen LogP) is 3.62. The molecule has 0 unspecified atom stereocenters. The third kappa shape index (κ3) is 3.32. The monoisotopic (exact) mass is 326 g/mol. The van der Waals surface area contributed by atoms with Crippen molar-refractivity contribution in [2.24, 2.45) is 0 Å². The topological polar surface area (TPSA) is 80.0 Å². The number of anilines is 5. The first-order valence-electron chi connectivity index (χ1n) is 6.93. The Morgan fingerprint density at radius 3 is 2.52 bits per heavy atom. The number of nitrogens with zero attached hydrogens (tertiary/aromatic N) is 4. The summed E-state index contributed by atoms with van der Waals surface area (Å²) in [5, 5.41) is 3.64. The van der Waals surface area contributed by atoms with Crippen LogP contribution in [0.3, 0.4) is 0 Å². The molecule has 3 N–H and O–H groups in total. The number of nitrogens with two attached hydrogens (primary N) is 1. The number of nitrogen functional groups attached to an aromatic ring is 1. The van der Waals surface area contributed by atoms with Crippen LogP contribution in [0.4, 0.5) is 28.8 Å². The van der Waals surface area contributed by atoms with E-state index < -0.39 is 0 Å². The Morgan fingerprint density at radius 2 is 1.83 bits per heavy atom. The standard InChI is InChI=1S/C16H15ClN6/c1-23(12-5-3-2-4-6-12)16-14(18)15(20-10-21-16)22-13-8-7-11(17)9-19-13/h2-10H,18H2,1H3,(H,19,20,21,22). The van der Waals surface area contributed by atoms with Crippen LogP contribution in [-0.4, -0.2) is 22.0 Å². The van der Waals surface area contributed by atoms with Crippen molar-refractivity contribution in [2.75, 3.05) is 23.0 Å². The highest BCUT2D eigenvalue weighted by atomic mass is 35.5. The number of para-hydroxylation sites is 1. The van der Waals surface area contributed by atoms with Gasteiger partial charge in [-0.05, 0) is 24.3 Å². The van der Waals surface area contributed by atoms with Crippen LogP contribution in [0.2, 0.25) is 5.02 Å². The first kappa shape index (κ1) is 15.1. The van der Waals surface area contributed by atoms with E-state index >= 15 is 0 Å². The van der Waals surface area contributed by atoms with E-state index in [-0.39, 0.29) is 0 Å². The molecular weight excluding hydrogens is 312 g/mol. The first-order chi connectivity index (χ1) is 11.1. The fourth-order valence-electron chi connectivity index (χ4n) is 2.10. The van der Waals surface area contributed by atoms with Gasteiger partial charge in [-0.2, -0.15) is 0 Å². The summed E-state index contributed by atoms with van der Waals surface area (Å²) in [4.78, 5) is 14.5. The van der Waals surface area contributed by atoms with Gasteiger partial charge in [0.25, 0.3) is 0 Å². The maximum Gasteiger partial charge on any atom is 0.161 e. The maximum atomic E-state index is 6.22. The molecule has 0 spiro atoms. The van der Waals surface area contributed by atoms with Crippen LogP contribution in [0.1, 0.15) is 0 Å². The van der Waals surface area contributed by atoms with Gasteiger partial charge in [-0.25, -0.2) is 15.0 Å². The van der Waals surface area contributed by atoms with E-state index in [1.54, 1.807) is 18.3 Å². The number of hydrogen-bond acceptors (Lipinski definition) is 6. The van der Waals surface area contributed by atoms with Crippen molar-refractivity contribution in [1.82, 2.24) is 15.0 Å². The molecule has 0 saturated heterocycles. The van der Waals surface area contributed by atoms with Crippen LogP contribution in [0.5, 0.6) is 0 Å². The molecule has 0 atom stereocenters. The summed E-state index contributed by atoms with van der Waals surface area (Å²) in [5.41, 5.74) is 7.64. The molecule has 116 valence electrons. The van der Waals surface area contributed by atoms with Gasteiger partial charge in [0.1, 0.15) is 17.8 Å². The van der Waals surface area contributed by atoms with Gasteiger partial charge in [-0.1, -0.05) is 29.8 Å². The van der Waals surface area contributed by atoms with E-state index in [1.165, 1.54) is 6.33 Å². The molecule has 2 heterocycles. The van der Waals surface area contributed by atoms with Gasteiger partial charge in [-0.3, -0.25) is 0 Å². The molecule has 0 saturated carbocycles. The summed E-state index contributed by atoms with van der Waals surface area (Å²) in [6.45, 7) is 0. The third-order valence-corrected chi connectivity index (χ3v) is 3.52. The van der Waals surface area contributed by atoms with Gasteiger partial charge in [0.2, 0.25) is 0 Å². The summed E-state index contributed by atoms with van der Waals surface area (Å²) in [6.07, 6.45) is 3.02. The molecule has 3 aromatic rings. The van der Waals surface area contributed by atoms with E-state index in [2.05, 4.69) is 20.3 Å². The van der Waals surface area contributed by atoms with Crippen molar-refractivity contribution in [2.45, 2.75) is 0 Å². The molecular formula is C16H15ClN6. The van der Waals surface area contributed by atoms with Crippen molar-refractivity contribution in [3.05, 3.63) is 60.0 Å². The van der Waals surface area contributed by atoms with Crippen molar-refractivity contribution in [3.63, 3.8) is 0 Å². The number of aromatic nitrogens is 3. The molecule has 0 aliphatic carbocycles. The second-order valence-electron chi connectivity index (χ2n) is 4.84. The second-order valence-corrected chi connectivity index (χ2v) is 5.28. The Balaban J connectivity index is 1.90. The Hall–Kier alpha value is -2.86. The van der Waals surface area contributed by atoms with E-state index in [9.17, 15) is 0 Å². The minimum Gasteiger partial charge on any atom is -0.393 e. The Labute approximate surface area is 139 Å². The second kappa shape index (κ2) is 6.50. The van der Waals surface area contributed by atoms with Crippen molar-refractivity contribution >= 4 is 40.4 Å². The fourth-order valence-corrected chi connectivity index (χ4v) is 2.21. The van der Waals surface area contributed by atoms with Gasteiger partial charge < -0.3 is 16.0 Å². The molecule has 0 amide bonds. The number of nitrogens with one attached hydrogen (secondary N) is 1. The molecule has 0 fully saturated rings. The van der Waals surface area contributed by atoms with Gasteiger partial charge in [-0.15, -0.1) is 0 Å². The molecule has 0 radical (unpaired) electrons.